The first-order valence-corrected chi connectivity index (χ1v) is 9.54. The Labute approximate surface area is 157 Å². The molecule has 3 atom stereocenters. The molecule has 134 valence electrons. The molecule has 2 heterocycles. The predicted octanol–water partition coefficient (Wildman–Crippen LogP) is 2.88. The monoisotopic (exact) mass is 367 g/mol. The van der Waals surface area contributed by atoms with E-state index in [4.69, 9.17) is 4.74 Å². The molecule has 0 radical (unpaired) electrons. The Morgan fingerprint density at radius 1 is 1.12 bits per heavy atom. The minimum Gasteiger partial charge on any atom is -0.497 e. The highest BCUT2D eigenvalue weighted by molar-refractivity contribution is 8.03. The molecule has 0 aromatic heterocycles. The van der Waals surface area contributed by atoms with E-state index in [1.165, 1.54) is 0 Å². The molecule has 3 N–H and O–H groups in total. The van der Waals surface area contributed by atoms with Crippen molar-refractivity contribution in [2.24, 2.45) is 5.92 Å². The second kappa shape index (κ2) is 7.43. The Hall–Kier alpha value is -2.44. The van der Waals surface area contributed by atoms with E-state index in [0.717, 1.165) is 22.6 Å². The fourth-order valence-electron chi connectivity index (χ4n) is 3.29. The summed E-state index contributed by atoms with van der Waals surface area (Å²) in [5.41, 5.74) is 3.16. The van der Waals surface area contributed by atoms with Crippen molar-refractivity contribution in [2.45, 2.75) is 11.5 Å². The Kier molecular flexibility index (Phi) is 4.86. The molecule has 2 aromatic carbocycles. The van der Waals surface area contributed by atoms with Gasteiger partial charge in [-0.2, -0.15) is 0 Å². The van der Waals surface area contributed by atoms with Gasteiger partial charge in [-0.05, 0) is 40.8 Å². The Balaban J connectivity index is 1.41. The summed E-state index contributed by atoms with van der Waals surface area (Å²) in [5, 5.41) is 12.1. The number of hydrogen-bond acceptors (Lipinski definition) is 5. The first-order valence-electron chi connectivity index (χ1n) is 8.60. The molecule has 0 bridgehead atoms. The number of fused-ring (bicyclic) bond motifs is 1. The van der Waals surface area contributed by atoms with Crippen molar-refractivity contribution in [3.63, 3.8) is 0 Å². The summed E-state index contributed by atoms with van der Waals surface area (Å²) in [7, 11) is 1.65. The zero-order chi connectivity index (χ0) is 17.9. The van der Waals surface area contributed by atoms with Crippen LogP contribution >= 0.6 is 11.8 Å². The number of ether oxygens (including phenoxy) is 1. The van der Waals surface area contributed by atoms with Crippen LogP contribution < -0.4 is 20.7 Å². The highest BCUT2D eigenvalue weighted by atomic mass is 32.2. The van der Waals surface area contributed by atoms with Gasteiger partial charge in [0.15, 0.2) is 0 Å². The van der Waals surface area contributed by atoms with Gasteiger partial charge in [0, 0.05) is 12.2 Å². The first-order chi connectivity index (χ1) is 12.7. The second-order valence-electron chi connectivity index (χ2n) is 6.31. The van der Waals surface area contributed by atoms with Crippen LogP contribution in [0.1, 0.15) is 5.56 Å². The molecule has 0 spiro atoms. The average Bonchev–Trinajstić information content (AvgIpc) is 3.12. The van der Waals surface area contributed by atoms with Gasteiger partial charge in [0.1, 0.15) is 5.75 Å². The standard InChI is InChI=1S/C20H21N3O2S/c1-25-15-9-7-13(8-10-15)16-12-26-20-18(16)19(24)22-17(23-20)11-21-14-5-3-2-4-6-14/h2-10,12,17-18,20-21,23H,11H2,1H3,(H,22,24). The third-order valence-corrected chi connectivity index (χ3v) is 5.74. The summed E-state index contributed by atoms with van der Waals surface area (Å²) in [6.45, 7) is 0.636. The van der Waals surface area contributed by atoms with E-state index in [-0.39, 0.29) is 23.4 Å². The van der Waals surface area contributed by atoms with Crippen LogP contribution in [0.15, 0.2) is 60.0 Å². The third kappa shape index (κ3) is 3.43. The van der Waals surface area contributed by atoms with Crippen LogP contribution in [-0.4, -0.2) is 31.1 Å². The molecule has 0 saturated carbocycles. The van der Waals surface area contributed by atoms with E-state index < -0.39 is 0 Å². The van der Waals surface area contributed by atoms with Crippen LogP contribution in [0, 0.1) is 5.92 Å². The summed E-state index contributed by atoms with van der Waals surface area (Å²) in [6, 6.07) is 17.9. The maximum atomic E-state index is 12.7. The smallest absolute Gasteiger partial charge is 0.231 e. The predicted molar refractivity (Wildman–Crippen MR) is 106 cm³/mol. The van der Waals surface area contributed by atoms with E-state index in [9.17, 15) is 4.79 Å². The van der Waals surface area contributed by atoms with Crippen molar-refractivity contribution in [1.82, 2.24) is 10.6 Å². The highest BCUT2D eigenvalue weighted by Crippen LogP contribution is 2.42. The molecule has 4 rings (SSSR count). The molecule has 0 aliphatic carbocycles. The van der Waals surface area contributed by atoms with Crippen molar-refractivity contribution in [3.8, 4) is 5.75 Å². The van der Waals surface area contributed by atoms with E-state index in [0.29, 0.717) is 6.54 Å². The zero-order valence-electron chi connectivity index (χ0n) is 14.4. The van der Waals surface area contributed by atoms with Crippen molar-refractivity contribution < 1.29 is 9.53 Å². The normalized spacial score (nSPS) is 24.4. The lowest BCUT2D eigenvalue weighted by Gasteiger charge is -2.34. The van der Waals surface area contributed by atoms with Crippen LogP contribution in [0.4, 0.5) is 5.69 Å². The number of rotatable bonds is 5. The van der Waals surface area contributed by atoms with Crippen LogP contribution in [0.5, 0.6) is 5.75 Å². The maximum Gasteiger partial charge on any atom is 0.231 e. The molecule has 1 amide bonds. The number of anilines is 1. The molecular formula is C20H21N3O2S. The van der Waals surface area contributed by atoms with Gasteiger partial charge in [-0.15, -0.1) is 11.8 Å². The van der Waals surface area contributed by atoms with Gasteiger partial charge in [-0.3, -0.25) is 10.1 Å². The van der Waals surface area contributed by atoms with Gasteiger partial charge in [-0.1, -0.05) is 30.3 Å². The summed E-state index contributed by atoms with van der Waals surface area (Å²) in [4.78, 5) is 12.7. The van der Waals surface area contributed by atoms with Crippen molar-refractivity contribution in [2.75, 3.05) is 19.0 Å². The number of hydrogen-bond donors (Lipinski definition) is 3. The van der Waals surface area contributed by atoms with Gasteiger partial charge >= 0.3 is 0 Å². The summed E-state index contributed by atoms with van der Waals surface area (Å²) in [6.07, 6.45) is -0.0972. The maximum absolute atomic E-state index is 12.7. The zero-order valence-corrected chi connectivity index (χ0v) is 15.3. The van der Waals surface area contributed by atoms with Crippen molar-refractivity contribution in [3.05, 3.63) is 65.6 Å². The number of amides is 1. The van der Waals surface area contributed by atoms with Gasteiger partial charge in [0.05, 0.1) is 24.6 Å². The number of para-hydroxylation sites is 1. The lowest BCUT2D eigenvalue weighted by Crippen LogP contribution is -2.61. The lowest BCUT2D eigenvalue weighted by atomic mass is 9.91. The van der Waals surface area contributed by atoms with E-state index >= 15 is 0 Å². The highest BCUT2D eigenvalue weighted by Gasteiger charge is 2.42. The van der Waals surface area contributed by atoms with Gasteiger partial charge < -0.3 is 15.4 Å². The molecular weight excluding hydrogens is 346 g/mol. The van der Waals surface area contributed by atoms with Crippen LogP contribution in [0.3, 0.4) is 0 Å². The van der Waals surface area contributed by atoms with Crippen LogP contribution in [-0.2, 0) is 4.79 Å². The SMILES string of the molecule is COc1ccc(C2=CSC3NC(CNc4ccccc4)NC(=O)C23)cc1. The number of carbonyl (C=O) groups is 1. The van der Waals surface area contributed by atoms with E-state index in [1.54, 1.807) is 18.9 Å². The van der Waals surface area contributed by atoms with E-state index in [1.807, 2.05) is 54.6 Å². The molecule has 2 aromatic rings. The minimum absolute atomic E-state index is 0.0587. The largest absolute Gasteiger partial charge is 0.497 e. The summed E-state index contributed by atoms with van der Waals surface area (Å²) in [5.74, 6) is 0.705. The Morgan fingerprint density at radius 3 is 2.62 bits per heavy atom. The summed E-state index contributed by atoms with van der Waals surface area (Å²) >= 11 is 1.68. The molecule has 26 heavy (non-hydrogen) atoms. The molecule has 2 aliphatic heterocycles. The quantitative estimate of drug-likeness (QED) is 0.759. The molecule has 1 fully saturated rings. The van der Waals surface area contributed by atoms with Crippen molar-refractivity contribution in [1.29, 1.82) is 0 Å². The minimum atomic E-state index is -0.179. The topological polar surface area (TPSA) is 62.4 Å². The van der Waals surface area contributed by atoms with Crippen molar-refractivity contribution >= 4 is 28.9 Å². The van der Waals surface area contributed by atoms with Gasteiger partial charge in [-0.25, -0.2) is 0 Å². The van der Waals surface area contributed by atoms with Crippen LogP contribution in [0.25, 0.3) is 5.57 Å². The number of nitrogens with one attached hydrogen (secondary N) is 3. The Bertz CT molecular complexity index is 808. The van der Waals surface area contributed by atoms with E-state index in [2.05, 4.69) is 21.4 Å². The number of benzene rings is 2. The number of methoxy groups -OCH3 is 1. The molecule has 2 aliphatic rings. The lowest BCUT2D eigenvalue weighted by molar-refractivity contribution is -0.126. The van der Waals surface area contributed by atoms with Gasteiger partial charge in [0.2, 0.25) is 5.91 Å². The fraction of sp³-hybridized carbons (Fsp3) is 0.250. The first kappa shape index (κ1) is 17.0. The van der Waals surface area contributed by atoms with Crippen LogP contribution in [0.2, 0.25) is 0 Å². The number of carbonyl (C=O) groups excluding carboxylic acids is 1. The molecule has 3 unspecified atom stereocenters. The molecule has 5 nitrogen and oxygen atoms in total. The summed E-state index contributed by atoms with van der Waals surface area (Å²) < 4.78 is 5.21. The number of thioether (sulfide) groups is 1. The molecule has 6 heteroatoms. The molecule has 1 saturated heterocycles. The average molecular weight is 367 g/mol. The fourth-order valence-corrected chi connectivity index (χ4v) is 4.54. The second-order valence-corrected chi connectivity index (χ2v) is 7.33. The van der Waals surface area contributed by atoms with Gasteiger partial charge in [0.25, 0.3) is 0 Å². The Morgan fingerprint density at radius 2 is 1.88 bits per heavy atom. The third-order valence-electron chi connectivity index (χ3n) is 4.65.